The predicted octanol–water partition coefficient (Wildman–Crippen LogP) is 2.16. The van der Waals surface area contributed by atoms with Crippen LogP contribution < -0.4 is 5.73 Å². The Morgan fingerprint density at radius 2 is 1.88 bits per heavy atom. The molecule has 0 aliphatic heterocycles. The standard InChI is InChI=1S/C16H33N3O4P/c1-13(2)19(14(3)4)24(22)16(21,23-11-7-10-18)15(12-20)8-5-6-9-17/h13-15,20-21H,5-9,11-12,17H2,1-4H3/q+1/t15?,16-/m1/s1. The molecule has 2 unspecified atom stereocenters. The topological polar surface area (TPSA) is 120 Å². The average Bonchev–Trinajstić information content (AvgIpc) is 2.50. The van der Waals surface area contributed by atoms with Crippen LogP contribution in [0.2, 0.25) is 0 Å². The van der Waals surface area contributed by atoms with Gasteiger partial charge in [-0.15, -0.1) is 0 Å². The van der Waals surface area contributed by atoms with Gasteiger partial charge in [-0.25, -0.2) is 0 Å². The van der Waals surface area contributed by atoms with Crippen molar-refractivity contribution in [3.8, 4) is 6.07 Å². The summed E-state index contributed by atoms with van der Waals surface area (Å²) < 4.78 is 20.4. The molecule has 0 aromatic heterocycles. The van der Waals surface area contributed by atoms with Crippen LogP contribution in [0, 0.1) is 17.2 Å². The third kappa shape index (κ3) is 6.72. The smallest absolute Gasteiger partial charge is 0.396 e. The van der Waals surface area contributed by atoms with E-state index in [0.29, 0.717) is 19.4 Å². The molecule has 24 heavy (non-hydrogen) atoms. The number of hydrogen-bond acceptors (Lipinski definition) is 6. The molecule has 0 spiro atoms. The Balaban J connectivity index is 5.49. The first-order valence-electron chi connectivity index (χ1n) is 8.56. The highest BCUT2D eigenvalue weighted by Crippen LogP contribution is 2.49. The minimum atomic E-state index is -2.33. The number of hydrogen-bond donors (Lipinski definition) is 3. The Hall–Kier alpha value is -0.610. The van der Waals surface area contributed by atoms with Crippen LogP contribution in [-0.2, 0) is 9.30 Å². The van der Waals surface area contributed by atoms with Gasteiger partial charge in [-0.3, -0.25) is 0 Å². The molecule has 0 aliphatic rings. The molecule has 0 bridgehead atoms. The molecule has 3 atom stereocenters. The summed E-state index contributed by atoms with van der Waals surface area (Å²) >= 11 is 0. The zero-order chi connectivity index (χ0) is 18.8. The van der Waals surface area contributed by atoms with Gasteiger partial charge in [0.15, 0.2) is 0 Å². The molecule has 0 aliphatic carbocycles. The highest BCUT2D eigenvalue weighted by atomic mass is 31.1. The molecular formula is C16H33N3O4P+. The number of unbranched alkanes of at least 4 members (excludes halogenated alkanes) is 1. The molecule has 0 radical (unpaired) electrons. The predicted molar refractivity (Wildman–Crippen MR) is 94.3 cm³/mol. The van der Waals surface area contributed by atoms with Crippen LogP contribution in [0.1, 0.15) is 53.4 Å². The Labute approximate surface area is 146 Å². The van der Waals surface area contributed by atoms with Gasteiger partial charge in [0.1, 0.15) is 0 Å². The molecule has 4 N–H and O–H groups in total. The van der Waals surface area contributed by atoms with E-state index in [-0.39, 0.29) is 31.7 Å². The first kappa shape index (κ1) is 23.4. The summed E-state index contributed by atoms with van der Waals surface area (Å²) in [5.74, 6) is -0.702. The Morgan fingerprint density at radius 3 is 2.29 bits per heavy atom. The first-order valence-corrected chi connectivity index (χ1v) is 9.77. The molecule has 0 fully saturated rings. The van der Waals surface area contributed by atoms with Crippen LogP contribution in [-0.4, -0.2) is 52.3 Å². The van der Waals surface area contributed by atoms with E-state index in [1.807, 2.05) is 33.8 Å². The Kier molecular flexibility index (Phi) is 11.6. The number of rotatable bonds is 13. The fourth-order valence-electron chi connectivity index (χ4n) is 2.69. The summed E-state index contributed by atoms with van der Waals surface area (Å²) in [5.41, 5.74) is 3.50. The molecule has 0 saturated carbocycles. The number of ether oxygens (including phenoxy) is 1. The van der Waals surface area contributed by atoms with E-state index in [0.717, 1.165) is 6.42 Å². The number of nitrogens with two attached hydrogens (primary N) is 1. The van der Waals surface area contributed by atoms with Crippen molar-refractivity contribution in [1.82, 2.24) is 4.67 Å². The van der Waals surface area contributed by atoms with Crippen molar-refractivity contribution in [3.63, 3.8) is 0 Å². The van der Waals surface area contributed by atoms with Gasteiger partial charge in [-0.2, -0.15) is 5.26 Å². The van der Waals surface area contributed by atoms with E-state index in [2.05, 4.69) is 0 Å². The SMILES string of the molecule is CC(C)N(C(C)C)[P+](=O)[C@](O)(OCCC#N)C(CO)CCCCN. The summed E-state index contributed by atoms with van der Waals surface area (Å²) in [4.78, 5) is 0. The quantitative estimate of drug-likeness (QED) is 0.261. The van der Waals surface area contributed by atoms with E-state index in [9.17, 15) is 14.8 Å². The van der Waals surface area contributed by atoms with Gasteiger partial charge in [0.25, 0.3) is 0 Å². The van der Waals surface area contributed by atoms with Crippen LogP contribution in [0.25, 0.3) is 0 Å². The van der Waals surface area contributed by atoms with Crippen molar-refractivity contribution >= 4 is 7.95 Å². The lowest BCUT2D eigenvalue weighted by Gasteiger charge is -2.30. The maximum absolute atomic E-state index is 13.2. The lowest BCUT2D eigenvalue weighted by molar-refractivity contribution is -0.184. The Bertz CT molecular complexity index is 407. The van der Waals surface area contributed by atoms with Gasteiger partial charge in [0.2, 0.25) is 0 Å². The zero-order valence-electron chi connectivity index (χ0n) is 15.3. The fraction of sp³-hybridized carbons (Fsp3) is 0.938. The van der Waals surface area contributed by atoms with Gasteiger partial charge in [0.05, 0.1) is 31.6 Å². The number of aliphatic hydroxyl groups is 2. The van der Waals surface area contributed by atoms with Gasteiger partial charge >= 0.3 is 13.5 Å². The van der Waals surface area contributed by atoms with Crippen molar-refractivity contribution in [2.75, 3.05) is 19.8 Å². The van der Waals surface area contributed by atoms with E-state index in [4.69, 9.17) is 15.7 Å². The average molecular weight is 362 g/mol. The van der Waals surface area contributed by atoms with Crippen LogP contribution in [0.15, 0.2) is 0 Å². The molecular weight excluding hydrogens is 329 g/mol. The van der Waals surface area contributed by atoms with Crippen molar-refractivity contribution < 1.29 is 19.5 Å². The maximum atomic E-state index is 13.2. The van der Waals surface area contributed by atoms with E-state index < -0.39 is 19.4 Å². The molecule has 140 valence electrons. The van der Waals surface area contributed by atoms with Gasteiger partial charge < -0.3 is 20.7 Å². The summed E-state index contributed by atoms with van der Waals surface area (Å²) in [5, 5.41) is 29.5. The summed E-state index contributed by atoms with van der Waals surface area (Å²) in [6, 6.07) is 1.81. The van der Waals surface area contributed by atoms with E-state index in [1.165, 1.54) is 0 Å². The second-order valence-corrected chi connectivity index (χ2v) is 8.07. The highest BCUT2D eigenvalue weighted by molar-refractivity contribution is 7.43. The van der Waals surface area contributed by atoms with Crippen LogP contribution in [0.3, 0.4) is 0 Å². The van der Waals surface area contributed by atoms with Crippen LogP contribution >= 0.6 is 7.95 Å². The number of aliphatic hydroxyl groups excluding tert-OH is 1. The second-order valence-electron chi connectivity index (χ2n) is 6.42. The molecule has 0 aromatic carbocycles. The fourth-order valence-corrected chi connectivity index (χ4v) is 4.59. The molecule has 0 heterocycles. The maximum Gasteiger partial charge on any atom is 0.502 e. The minimum Gasteiger partial charge on any atom is -0.396 e. The molecule has 0 amide bonds. The first-order chi connectivity index (χ1) is 11.3. The molecule has 8 heteroatoms. The van der Waals surface area contributed by atoms with Gasteiger partial charge in [0, 0.05) is 12.1 Å². The third-order valence-electron chi connectivity index (χ3n) is 3.83. The summed E-state index contributed by atoms with van der Waals surface area (Å²) in [6.45, 7) is 7.71. The normalized spacial score (nSPS) is 16.3. The van der Waals surface area contributed by atoms with Crippen LogP contribution in [0.5, 0.6) is 0 Å². The lowest BCUT2D eigenvalue weighted by Crippen LogP contribution is -2.46. The number of nitriles is 1. The second kappa shape index (κ2) is 11.9. The third-order valence-corrected chi connectivity index (χ3v) is 6.21. The van der Waals surface area contributed by atoms with E-state index in [1.54, 1.807) is 4.67 Å². The largest absolute Gasteiger partial charge is 0.502 e. The minimum absolute atomic E-state index is 0.0362. The van der Waals surface area contributed by atoms with Crippen LogP contribution in [0.4, 0.5) is 0 Å². The monoisotopic (exact) mass is 362 g/mol. The van der Waals surface area contributed by atoms with Crippen molar-refractivity contribution in [3.05, 3.63) is 0 Å². The molecule has 0 saturated heterocycles. The van der Waals surface area contributed by atoms with Gasteiger partial charge in [-0.1, -0.05) is 11.1 Å². The van der Waals surface area contributed by atoms with Crippen molar-refractivity contribution in [2.24, 2.45) is 11.7 Å². The van der Waals surface area contributed by atoms with Gasteiger partial charge in [-0.05, 0) is 51.6 Å². The van der Waals surface area contributed by atoms with E-state index >= 15 is 0 Å². The molecule has 0 rings (SSSR count). The zero-order valence-corrected chi connectivity index (χ0v) is 16.2. The summed E-state index contributed by atoms with van der Waals surface area (Å²) in [7, 11) is -2.33. The molecule has 7 nitrogen and oxygen atoms in total. The lowest BCUT2D eigenvalue weighted by atomic mass is 10.0. The van der Waals surface area contributed by atoms with Crippen molar-refractivity contribution in [2.45, 2.75) is 71.0 Å². The highest BCUT2D eigenvalue weighted by Gasteiger charge is 2.60. The molecule has 0 aromatic rings. The summed E-state index contributed by atoms with van der Waals surface area (Å²) in [6.07, 6.45) is 1.97. The van der Waals surface area contributed by atoms with Crippen molar-refractivity contribution in [1.29, 1.82) is 5.26 Å². The number of nitrogens with zero attached hydrogens (tertiary/aromatic N) is 2. The Morgan fingerprint density at radius 1 is 1.29 bits per heavy atom.